The Labute approximate surface area is 183 Å². The summed E-state index contributed by atoms with van der Waals surface area (Å²) in [6.45, 7) is 12.1. The predicted molar refractivity (Wildman–Crippen MR) is 115 cm³/mol. The Morgan fingerprint density at radius 1 is 0.968 bits per heavy atom. The van der Waals surface area contributed by atoms with Crippen molar-refractivity contribution in [1.82, 2.24) is 9.80 Å². The lowest BCUT2D eigenvalue weighted by atomic mass is 10.0. The van der Waals surface area contributed by atoms with E-state index in [0.29, 0.717) is 12.5 Å². The minimum atomic E-state index is -1.82. The smallest absolute Gasteiger partial charge is 0.414 e. The van der Waals surface area contributed by atoms with Gasteiger partial charge in [0.15, 0.2) is 0 Å². The summed E-state index contributed by atoms with van der Waals surface area (Å²) in [4.78, 5) is 34.3. The fraction of sp³-hybridized carbons (Fsp3) is 0.591. The Hall–Kier alpha value is -2.65. The predicted octanol–water partition coefficient (Wildman–Crippen LogP) is 1.51. The molecule has 1 amide bonds. The van der Waals surface area contributed by atoms with Gasteiger partial charge in [-0.25, -0.2) is 9.59 Å². The van der Waals surface area contributed by atoms with Crippen molar-refractivity contribution in [3.05, 3.63) is 29.8 Å². The molecule has 0 radical (unpaired) electrons. The van der Waals surface area contributed by atoms with Crippen LogP contribution >= 0.6 is 0 Å². The number of carboxylic acid groups (broad SMARTS) is 2. The Balaban J connectivity index is 0.000000703. The molecule has 1 aromatic carbocycles. The summed E-state index contributed by atoms with van der Waals surface area (Å²) in [5.41, 5.74) is 1.16. The lowest BCUT2D eigenvalue weighted by Gasteiger charge is -2.36. The van der Waals surface area contributed by atoms with Crippen LogP contribution in [0.3, 0.4) is 0 Å². The molecule has 174 valence electrons. The van der Waals surface area contributed by atoms with Crippen molar-refractivity contribution in [2.75, 3.05) is 39.3 Å². The molecule has 2 rings (SSSR count). The van der Waals surface area contributed by atoms with Gasteiger partial charge in [-0.05, 0) is 17.5 Å². The molecule has 1 aliphatic heterocycles. The molecule has 1 atom stereocenters. The van der Waals surface area contributed by atoms with Crippen LogP contribution in [0.4, 0.5) is 0 Å². The number of aliphatic hydroxyl groups is 1. The molecule has 9 nitrogen and oxygen atoms in total. The first-order chi connectivity index (χ1) is 14.5. The first kappa shape index (κ1) is 26.4. The number of hydrogen-bond donors (Lipinski definition) is 3. The zero-order valence-electron chi connectivity index (χ0n) is 18.7. The van der Waals surface area contributed by atoms with Crippen LogP contribution < -0.4 is 4.74 Å². The van der Waals surface area contributed by atoms with Crippen LogP contribution in [0.25, 0.3) is 0 Å². The summed E-state index contributed by atoms with van der Waals surface area (Å²) in [5, 5.41) is 25.1. The number of para-hydroxylation sites is 1. The highest BCUT2D eigenvalue weighted by molar-refractivity contribution is 6.27. The third-order valence-corrected chi connectivity index (χ3v) is 4.80. The largest absolute Gasteiger partial charge is 0.491 e. The lowest BCUT2D eigenvalue weighted by molar-refractivity contribution is -0.159. The van der Waals surface area contributed by atoms with Crippen molar-refractivity contribution in [1.29, 1.82) is 0 Å². The summed E-state index contributed by atoms with van der Waals surface area (Å²) >= 11 is 0. The minimum absolute atomic E-state index is 0.0477. The minimum Gasteiger partial charge on any atom is -0.491 e. The first-order valence-corrected chi connectivity index (χ1v) is 10.4. The van der Waals surface area contributed by atoms with E-state index in [9.17, 15) is 9.90 Å². The van der Waals surface area contributed by atoms with E-state index in [1.807, 2.05) is 36.9 Å². The number of β-amino-alcohol motifs (C(OH)–C–C–N with tert-alkyl or cyclic N) is 1. The number of nitrogens with zero attached hydrogens (tertiary/aromatic N) is 2. The van der Waals surface area contributed by atoms with Gasteiger partial charge < -0.3 is 25.0 Å². The summed E-state index contributed by atoms with van der Waals surface area (Å²) in [5.74, 6) is -2.14. The quantitative estimate of drug-likeness (QED) is 0.547. The fourth-order valence-corrected chi connectivity index (χ4v) is 3.14. The Kier molecular flexibility index (Phi) is 11.0. The number of carbonyl (C=O) groups is 3. The zero-order chi connectivity index (χ0) is 23.6. The summed E-state index contributed by atoms with van der Waals surface area (Å²) in [6.07, 6.45) is -0.535. The van der Waals surface area contributed by atoms with Crippen LogP contribution in [-0.2, 0) is 14.4 Å². The number of carboxylic acids is 2. The molecule has 1 unspecified atom stereocenters. The van der Waals surface area contributed by atoms with Gasteiger partial charge in [-0.3, -0.25) is 9.69 Å². The van der Waals surface area contributed by atoms with Gasteiger partial charge in [0.05, 0.1) is 0 Å². The number of amides is 1. The second-order valence-corrected chi connectivity index (χ2v) is 8.05. The molecule has 9 heteroatoms. The number of piperazine rings is 1. The summed E-state index contributed by atoms with van der Waals surface area (Å²) in [7, 11) is 0. The third kappa shape index (κ3) is 9.35. The van der Waals surface area contributed by atoms with E-state index in [0.717, 1.165) is 37.5 Å². The van der Waals surface area contributed by atoms with Crippen LogP contribution in [0.15, 0.2) is 24.3 Å². The molecular formula is C22H34N2O7. The van der Waals surface area contributed by atoms with Gasteiger partial charge in [0.1, 0.15) is 18.5 Å². The Morgan fingerprint density at radius 2 is 1.52 bits per heavy atom. The molecule has 0 aromatic heterocycles. The molecule has 1 heterocycles. The molecule has 0 bridgehead atoms. The zero-order valence-corrected chi connectivity index (χ0v) is 18.7. The van der Waals surface area contributed by atoms with Crippen molar-refractivity contribution in [3.8, 4) is 5.75 Å². The highest BCUT2D eigenvalue weighted by Crippen LogP contribution is 2.25. The monoisotopic (exact) mass is 438 g/mol. The van der Waals surface area contributed by atoms with Crippen molar-refractivity contribution >= 4 is 17.8 Å². The maximum absolute atomic E-state index is 12.0. The molecular weight excluding hydrogens is 404 g/mol. The highest BCUT2D eigenvalue weighted by Gasteiger charge is 2.24. The normalized spacial score (nSPS) is 15.3. The van der Waals surface area contributed by atoms with Gasteiger partial charge in [0.25, 0.3) is 0 Å². The molecule has 0 spiro atoms. The van der Waals surface area contributed by atoms with Gasteiger partial charge in [0.2, 0.25) is 5.91 Å². The van der Waals surface area contributed by atoms with E-state index in [-0.39, 0.29) is 18.4 Å². The average molecular weight is 439 g/mol. The van der Waals surface area contributed by atoms with E-state index in [1.165, 1.54) is 0 Å². The molecule has 1 saturated heterocycles. The highest BCUT2D eigenvalue weighted by atomic mass is 16.5. The third-order valence-electron chi connectivity index (χ3n) is 4.80. The Bertz CT molecular complexity index is 716. The van der Waals surface area contributed by atoms with Gasteiger partial charge in [0, 0.05) is 38.6 Å². The second kappa shape index (κ2) is 12.9. The van der Waals surface area contributed by atoms with Crippen molar-refractivity contribution in [2.45, 2.75) is 39.7 Å². The van der Waals surface area contributed by atoms with Crippen molar-refractivity contribution < 1.29 is 34.4 Å². The number of benzene rings is 1. The van der Waals surface area contributed by atoms with Crippen molar-refractivity contribution in [3.63, 3.8) is 0 Å². The van der Waals surface area contributed by atoms with Crippen molar-refractivity contribution in [2.24, 2.45) is 5.92 Å². The summed E-state index contributed by atoms with van der Waals surface area (Å²) in [6, 6.07) is 7.99. The topological polar surface area (TPSA) is 128 Å². The summed E-state index contributed by atoms with van der Waals surface area (Å²) < 4.78 is 5.85. The molecule has 1 aromatic rings. The fourth-order valence-electron chi connectivity index (χ4n) is 3.14. The first-order valence-electron chi connectivity index (χ1n) is 10.4. The molecule has 1 fully saturated rings. The van der Waals surface area contributed by atoms with Gasteiger partial charge >= 0.3 is 11.9 Å². The van der Waals surface area contributed by atoms with Crippen LogP contribution in [0.2, 0.25) is 0 Å². The number of rotatable bonds is 7. The number of aliphatic hydroxyl groups excluding tert-OH is 1. The molecule has 0 saturated carbocycles. The number of ether oxygens (including phenoxy) is 1. The standard InChI is InChI=1S/C20H32N2O3.C2H2O4/c1-15(2)18-7-5-6-8-19(18)25-14-17(23)13-21-9-11-22(12-10-21)20(24)16(3)4;3-1(4)2(5)6/h5-8,15-17,23H,9-14H2,1-4H3;(H,3,4)(H,5,6). The lowest BCUT2D eigenvalue weighted by Crippen LogP contribution is -2.51. The number of hydrogen-bond acceptors (Lipinski definition) is 6. The molecule has 0 aliphatic carbocycles. The maximum atomic E-state index is 12.0. The van der Waals surface area contributed by atoms with Gasteiger partial charge in [-0.2, -0.15) is 0 Å². The van der Waals surface area contributed by atoms with E-state index >= 15 is 0 Å². The molecule has 3 N–H and O–H groups in total. The van der Waals surface area contributed by atoms with E-state index in [1.54, 1.807) is 0 Å². The van der Waals surface area contributed by atoms with Crippen LogP contribution in [0, 0.1) is 5.92 Å². The Morgan fingerprint density at radius 3 is 2.00 bits per heavy atom. The molecule has 31 heavy (non-hydrogen) atoms. The van der Waals surface area contributed by atoms with Crippen LogP contribution in [0.1, 0.15) is 39.2 Å². The second-order valence-electron chi connectivity index (χ2n) is 8.05. The van der Waals surface area contributed by atoms with Crippen LogP contribution in [0.5, 0.6) is 5.75 Å². The van der Waals surface area contributed by atoms with E-state index in [4.69, 9.17) is 24.5 Å². The number of aliphatic carboxylic acids is 2. The number of carbonyl (C=O) groups excluding carboxylic acids is 1. The average Bonchev–Trinajstić information content (AvgIpc) is 2.72. The van der Waals surface area contributed by atoms with E-state index < -0.39 is 18.0 Å². The van der Waals surface area contributed by atoms with Gasteiger partial charge in [-0.15, -0.1) is 0 Å². The maximum Gasteiger partial charge on any atom is 0.414 e. The van der Waals surface area contributed by atoms with Gasteiger partial charge in [-0.1, -0.05) is 45.9 Å². The van der Waals surface area contributed by atoms with E-state index in [2.05, 4.69) is 24.8 Å². The van der Waals surface area contributed by atoms with Crippen LogP contribution in [-0.4, -0.2) is 88.4 Å². The SMILES string of the molecule is CC(C)C(=O)N1CCN(CC(O)COc2ccccc2C(C)C)CC1.O=C(O)C(=O)O. The molecule has 1 aliphatic rings.